The van der Waals surface area contributed by atoms with E-state index < -0.39 is 0 Å². The van der Waals surface area contributed by atoms with E-state index in [-0.39, 0.29) is 0 Å². The maximum atomic E-state index is 5.83. The largest absolute Gasteiger partial charge is 0.396 e. The third kappa shape index (κ3) is 2.44. The van der Waals surface area contributed by atoms with E-state index in [1.54, 1.807) is 12.4 Å². The topological polar surface area (TPSA) is 54.2 Å². The highest BCUT2D eigenvalue weighted by Crippen LogP contribution is 2.19. The Labute approximate surface area is 96.8 Å². The Hall–Kier alpha value is -1.29. The summed E-state index contributed by atoms with van der Waals surface area (Å²) in [5.74, 6) is 0. The van der Waals surface area contributed by atoms with Crippen LogP contribution in [0.3, 0.4) is 0 Å². The third-order valence-electron chi connectivity index (χ3n) is 3.29. The number of nitrogen functional groups attached to an aromatic ring is 1. The first-order valence-corrected chi connectivity index (χ1v) is 5.98. The third-order valence-corrected chi connectivity index (χ3v) is 3.29. The van der Waals surface area contributed by atoms with Crippen LogP contribution in [0, 0.1) is 0 Å². The van der Waals surface area contributed by atoms with Gasteiger partial charge in [0.25, 0.3) is 0 Å². The predicted molar refractivity (Wildman–Crippen MR) is 67.4 cm³/mol. The zero-order chi connectivity index (χ0) is 11.4. The van der Waals surface area contributed by atoms with Gasteiger partial charge in [0.2, 0.25) is 0 Å². The number of rotatable bonds is 4. The Kier molecular flexibility index (Phi) is 3.62. The number of anilines is 2. The molecule has 1 fully saturated rings. The number of likely N-dealkylation sites (tertiary alicyclic amines) is 1. The molecule has 16 heavy (non-hydrogen) atoms. The van der Waals surface area contributed by atoms with Crippen LogP contribution in [0.5, 0.6) is 0 Å². The molecule has 1 aromatic heterocycles. The van der Waals surface area contributed by atoms with Gasteiger partial charge in [-0.15, -0.1) is 0 Å². The van der Waals surface area contributed by atoms with E-state index in [1.807, 2.05) is 6.07 Å². The van der Waals surface area contributed by atoms with E-state index in [0.717, 1.165) is 24.5 Å². The van der Waals surface area contributed by atoms with Crippen molar-refractivity contribution >= 4 is 11.4 Å². The normalized spacial score (nSPS) is 21.2. The predicted octanol–water partition coefficient (Wildman–Crippen LogP) is 1.56. The minimum absolute atomic E-state index is 0.651. The molecular weight excluding hydrogens is 200 g/mol. The molecule has 1 saturated heterocycles. The summed E-state index contributed by atoms with van der Waals surface area (Å²) in [6, 6.07) is 2.58. The molecule has 1 aromatic rings. The van der Waals surface area contributed by atoms with Gasteiger partial charge in [0.15, 0.2) is 0 Å². The molecule has 4 heteroatoms. The Bertz CT molecular complexity index is 340. The lowest BCUT2D eigenvalue weighted by Gasteiger charge is -2.23. The van der Waals surface area contributed by atoms with Gasteiger partial charge in [0.05, 0.1) is 17.6 Å². The van der Waals surface area contributed by atoms with E-state index in [9.17, 15) is 0 Å². The van der Waals surface area contributed by atoms with Crippen LogP contribution < -0.4 is 11.1 Å². The number of aromatic nitrogens is 1. The minimum Gasteiger partial charge on any atom is -0.396 e. The van der Waals surface area contributed by atoms with Crippen LogP contribution in [0.1, 0.15) is 19.8 Å². The van der Waals surface area contributed by atoms with Gasteiger partial charge in [-0.1, -0.05) is 6.92 Å². The fraction of sp³-hybridized carbons (Fsp3) is 0.583. The molecule has 1 aliphatic rings. The molecule has 0 amide bonds. The van der Waals surface area contributed by atoms with Gasteiger partial charge in [-0.05, 0) is 32.0 Å². The molecule has 0 saturated carbocycles. The van der Waals surface area contributed by atoms with E-state index >= 15 is 0 Å². The second kappa shape index (κ2) is 5.16. The van der Waals surface area contributed by atoms with Crippen LogP contribution in [0.4, 0.5) is 11.4 Å². The average molecular weight is 220 g/mol. The highest BCUT2D eigenvalue weighted by atomic mass is 15.2. The van der Waals surface area contributed by atoms with Crippen molar-refractivity contribution in [2.45, 2.75) is 25.8 Å². The Morgan fingerprint density at radius 2 is 2.50 bits per heavy atom. The summed E-state index contributed by atoms with van der Waals surface area (Å²) in [6.07, 6.45) is 6.05. The van der Waals surface area contributed by atoms with Crippen LogP contribution in [0.15, 0.2) is 18.5 Å². The lowest BCUT2D eigenvalue weighted by Crippen LogP contribution is -2.34. The lowest BCUT2D eigenvalue weighted by molar-refractivity contribution is 0.277. The molecular formula is C12H20N4. The second-order valence-electron chi connectivity index (χ2n) is 4.27. The first kappa shape index (κ1) is 11.2. The van der Waals surface area contributed by atoms with Crippen molar-refractivity contribution in [3.63, 3.8) is 0 Å². The van der Waals surface area contributed by atoms with Crippen molar-refractivity contribution in [3.05, 3.63) is 18.5 Å². The van der Waals surface area contributed by atoms with Crippen molar-refractivity contribution in [1.82, 2.24) is 9.88 Å². The second-order valence-corrected chi connectivity index (χ2v) is 4.27. The number of nitrogens with one attached hydrogen (secondary N) is 1. The maximum Gasteiger partial charge on any atom is 0.0736 e. The molecule has 2 heterocycles. The fourth-order valence-corrected chi connectivity index (χ4v) is 2.34. The molecule has 0 aromatic carbocycles. The average Bonchev–Trinajstić information content (AvgIpc) is 2.75. The molecule has 0 aliphatic carbocycles. The van der Waals surface area contributed by atoms with Gasteiger partial charge in [0, 0.05) is 18.8 Å². The molecule has 2 rings (SSSR count). The summed E-state index contributed by atoms with van der Waals surface area (Å²) in [5, 5.41) is 3.41. The summed E-state index contributed by atoms with van der Waals surface area (Å²) in [6.45, 7) is 5.56. The fourth-order valence-electron chi connectivity index (χ4n) is 2.34. The summed E-state index contributed by atoms with van der Waals surface area (Å²) >= 11 is 0. The first-order valence-electron chi connectivity index (χ1n) is 5.98. The van der Waals surface area contributed by atoms with Crippen molar-refractivity contribution in [3.8, 4) is 0 Å². The van der Waals surface area contributed by atoms with Crippen LogP contribution in [0.25, 0.3) is 0 Å². The van der Waals surface area contributed by atoms with Gasteiger partial charge < -0.3 is 11.1 Å². The molecule has 1 aliphatic heterocycles. The smallest absolute Gasteiger partial charge is 0.0736 e. The van der Waals surface area contributed by atoms with E-state index in [4.69, 9.17) is 5.73 Å². The number of pyridine rings is 1. The molecule has 1 atom stereocenters. The van der Waals surface area contributed by atoms with E-state index in [1.165, 1.54) is 19.4 Å². The summed E-state index contributed by atoms with van der Waals surface area (Å²) < 4.78 is 0. The lowest BCUT2D eigenvalue weighted by atomic mass is 10.2. The van der Waals surface area contributed by atoms with Crippen molar-refractivity contribution < 1.29 is 0 Å². The van der Waals surface area contributed by atoms with E-state index in [0.29, 0.717) is 6.04 Å². The minimum atomic E-state index is 0.651. The molecule has 4 nitrogen and oxygen atoms in total. The van der Waals surface area contributed by atoms with E-state index in [2.05, 4.69) is 22.1 Å². The van der Waals surface area contributed by atoms with Crippen molar-refractivity contribution in [2.24, 2.45) is 0 Å². The summed E-state index contributed by atoms with van der Waals surface area (Å²) in [7, 11) is 0. The number of hydrogen-bond donors (Lipinski definition) is 2. The summed E-state index contributed by atoms with van der Waals surface area (Å²) in [4.78, 5) is 6.50. The van der Waals surface area contributed by atoms with Crippen molar-refractivity contribution in [1.29, 1.82) is 0 Å². The molecule has 0 radical (unpaired) electrons. The van der Waals surface area contributed by atoms with Crippen LogP contribution in [-0.4, -0.2) is 35.6 Å². The Morgan fingerprint density at radius 3 is 3.25 bits per heavy atom. The zero-order valence-corrected chi connectivity index (χ0v) is 9.82. The number of nitrogens with zero attached hydrogens (tertiary/aromatic N) is 2. The molecule has 1 unspecified atom stereocenters. The van der Waals surface area contributed by atoms with Gasteiger partial charge in [-0.25, -0.2) is 0 Å². The van der Waals surface area contributed by atoms with Crippen LogP contribution >= 0.6 is 0 Å². The van der Waals surface area contributed by atoms with Crippen LogP contribution in [0.2, 0.25) is 0 Å². The number of likely N-dealkylation sites (N-methyl/N-ethyl adjacent to an activating group) is 1. The van der Waals surface area contributed by atoms with Gasteiger partial charge in [0.1, 0.15) is 0 Å². The highest BCUT2D eigenvalue weighted by Gasteiger charge is 2.22. The molecule has 0 bridgehead atoms. The Balaban J connectivity index is 1.90. The standard InChI is InChI=1S/C12H20N4/c1-2-16-7-3-4-10(16)8-15-12-5-6-14-9-11(12)13/h5-6,9-10H,2-4,7-8,13H2,1H3,(H,14,15). The van der Waals surface area contributed by atoms with Gasteiger partial charge >= 0.3 is 0 Å². The zero-order valence-electron chi connectivity index (χ0n) is 9.82. The van der Waals surface area contributed by atoms with Gasteiger partial charge in [-0.3, -0.25) is 9.88 Å². The van der Waals surface area contributed by atoms with Crippen molar-refractivity contribution in [2.75, 3.05) is 30.7 Å². The van der Waals surface area contributed by atoms with Gasteiger partial charge in [-0.2, -0.15) is 0 Å². The molecule has 0 spiro atoms. The Morgan fingerprint density at radius 1 is 1.62 bits per heavy atom. The highest BCUT2D eigenvalue weighted by molar-refractivity contribution is 5.64. The quantitative estimate of drug-likeness (QED) is 0.808. The SMILES string of the molecule is CCN1CCCC1CNc1ccncc1N. The van der Waals surface area contributed by atoms with Crippen LogP contribution in [-0.2, 0) is 0 Å². The monoisotopic (exact) mass is 220 g/mol. The maximum absolute atomic E-state index is 5.83. The summed E-state index contributed by atoms with van der Waals surface area (Å²) in [5.41, 5.74) is 7.56. The number of nitrogens with two attached hydrogens (primary N) is 1. The number of hydrogen-bond acceptors (Lipinski definition) is 4. The first-order chi connectivity index (χ1) is 7.81. The molecule has 3 N–H and O–H groups in total. The molecule has 88 valence electrons.